The highest BCUT2D eigenvalue weighted by Gasteiger charge is 2.25. The minimum atomic E-state index is -0.207. The number of carbonyl (C=O) groups is 2. The zero-order valence-electron chi connectivity index (χ0n) is 14.0. The van der Waals surface area contributed by atoms with Crippen molar-refractivity contribution in [3.05, 3.63) is 48.4 Å². The van der Waals surface area contributed by atoms with Crippen molar-refractivity contribution < 1.29 is 14.0 Å². The Hall–Kier alpha value is -2.41. The fraction of sp³-hybridized carbons (Fsp3) is 0.333. The number of furan rings is 1. The molecule has 1 fully saturated rings. The Bertz CT molecular complexity index is 725. The Morgan fingerprint density at radius 2 is 1.96 bits per heavy atom. The minimum absolute atomic E-state index is 0.0226. The summed E-state index contributed by atoms with van der Waals surface area (Å²) in [6.07, 6.45) is 6.41. The van der Waals surface area contributed by atoms with Crippen LogP contribution in [0.25, 0.3) is 0 Å². The molecule has 3 amide bonds. The first-order chi connectivity index (χ1) is 12.2. The van der Waals surface area contributed by atoms with E-state index < -0.39 is 0 Å². The molecule has 2 aromatic rings. The quantitative estimate of drug-likeness (QED) is 0.820. The van der Waals surface area contributed by atoms with E-state index in [9.17, 15) is 9.59 Å². The second kappa shape index (κ2) is 8.11. The van der Waals surface area contributed by atoms with E-state index in [1.165, 1.54) is 12.5 Å². The first-order valence-corrected chi connectivity index (χ1v) is 9.42. The Morgan fingerprint density at radius 3 is 2.64 bits per heavy atom. The maximum absolute atomic E-state index is 12.3. The summed E-state index contributed by atoms with van der Waals surface area (Å²) in [5.74, 6) is -0.0226. The Labute approximate surface area is 151 Å². The lowest BCUT2D eigenvalue weighted by molar-refractivity contribution is 0.0708. The number of hydrogen-bond donors (Lipinski definition) is 2. The summed E-state index contributed by atoms with van der Waals surface area (Å²) in [5, 5.41) is 5.90. The first-order valence-electron chi connectivity index (χ1n) is 8.19. The maximum Gasteiger partial charge on any atom is 0.319 e. The van der Waals surface area contributed by atoms with Crippen LogP contribution in [0.3, 0.4) is 0 Å². The average molecular weight is 359 g/mol. The van der Waals surface area contributed by atoms with E-state index in [1.54, 1.807) is 22.7 Å². The van der Waals surface area contributed by atoms with Gasteiger partial charge in [-0.25, -0.2) is 4.79 Å². The Kier molecular flexibility index (Phi) is 5.65. The zero-order valence-corrected chi connectivity index (χ0v) is 14.8. The molecule has 0 saturated carbocycles. The van der Waals surface area contributed by atoms with E-state index >= 15 is 0 Å². The molecule has 2 heterocycles. The van der Waals surface area contributed by atoms with Crippen molar-refractivity contribution >= 4 is 29.4 Å². The number of carbonyl (C=O) groups excluding carboxylic acids is 2. The molecule has 3 rings (SSSR count). The van der Waals surface area contributed by atoms with Gasteiger partial charge in [0.05, 0.1) is 17.5 Å². The number of amides is 3. The van der Waals surface area contributed by atoms with E-state index in [0.717, 1.165) is 23.4 Å². The number of piperidine rings is 1. The molecule has 1 aromatic carbocycles. The third-order valence-corrected chi connectivity index (χ3v) is 5.04. The van der Waals surface area contributed by atoms with Gasteiger partial charge in [-0.15, -0.1) is 11.8 Å². The van der Waals surface area contributed by atoms with Gasteiger partial charge in [0.25, 0.3) is 5.91 Å². The van der Waals surface area contributed by atoms with E-state index in [2.05, 4.69) is 10.6 Å². The molecule has 0 unspecified atom stereocenters. The fourth-order valence-electron chi connectivity index (χ4n) is 2.89. The number of nitrogens with zero attached hydrogens (tertiary/aromatic N) is 1. The molecule has 1 aromatic heterocycles. The second-order valence-corrected chi connectivity index (χ2v) is 6.73. The second-order valence-electron chi connectivity index (χ2n) is 5.88. The van der Waals surface area contributed by atoms with Gasteiger partial charge < -0.3 is 20.0 Å². The summed E-state index contributed by atoms with van der Waals surface area (Å²) in [4.78, 5) is 27.3. The van der Waals surface area contributed by atoms with Crippen LogP contribution >= 0.6 is 11.8 Å². The van der Waals surface area contributed by atoms with E-state index in [-0.39, 0.29) is 18.0 Å². The summed E-state index contributed by atoms with van der Waals surface area (Å²) in [5.41, 5.74) is 1.37. The number of hydrogen-bond acceptors (Lipinski definition) is 4. The lowest BCUT2D eigenvalue weighted by Crippen LogP contribution is -2.47. The van der Waals surface area contributed by atoms with Gasteiger partial charge in [-0.3, -0.25) is 4.79 Å². The van der Waals surface area contributed by atoms with Crippen molar-refractivity contribution in [2.75, 3.05) is 24.7 Å². The summed E-state index contributed by atoms with van der Waals surface area (Å²) >= 11 is 1.59. The topological polar surface area (TPSA) is 74.6 Å². The van der Waals surface area contributed by atoms with E-state index in [4.69, 9.17) is 4.42 Å². The molecule has 6 nitrogen and oxygen atoms in total. The Balaban J connectivity index is 1.49. The highest BCUT2D eigenvalue weighted by atomic mass is 32.2. The number of rotatable bonds is 4. The van der Waals surface area contributed by atoms with E-state index in [1.807, 2.05) is 30.5 Å². The molecule has 25 heavy (non-hydrogen) atoms. The normalized spacial score (nSPS) is 15.0. The van der Waals surface area contributed by atoms with Crippen LogP contribution < -0.4 is 10.6 Å². The van der Waals surface area contributed by atoms with Crippen molar-refractivity contribution in [3.8, 4) is 0 Å². The summed E-state index contributed by atoms with van der Waals surface area (Å²) in [6.45, 7) is 1.24. The number of thioether (sulfide) groups is 1. The van der Waals surface area contributed by atoms with Crippen LogP contribution in [0.4, 0.5) is 10.5 Å². The molecular formula is C18H21N3O3S. The SMILES string of the molecule is CSc1ccccc1NC(=O)NC1CCN(C(=O)c2ccoc2)CC1. The third-order valence-electron chi connectivity index (χ3n) is 4.24. The van der Waals surface area contributed by atoms with Crippen molar-refractivity contribution in [2.24, 2.45) is 0 Å². The van der Waals surface area contributed by atoms with Gasteiger partial charge in [0, 0.05) is 24.0 Å². The number of likely N-dealkylation sites (tertiary alicyclic amines) is 1. The van der Waals surface area contributed by atoms with Crippen LogP contribution in [0, 0.1) is 0 Å². The fourth-order valence-corrected chi connectivity index (χ4v) is 3.44. The predicted molar refractivity (Wildman–Crippen MR) is 98.0 cm³/mol. The average Bonchev–Trinajstić information content (AvgIpc) is 3.17. The van der Waals surface area contributed by atoms with Crippen LogP contribution in [0.2, 0.25) is 0 Å². The maximum atomic E-state index is 12.3. The molecule has 0 spiro atoms. The van der Waals surface area contributed by atoms with Gasteiger partial charge in [-0.2, -0.15) is 0 Å². The first kappa shape index (κ1) is 17.4. The molecule has 1 aliphatic rings. The summed E-state index contributed by atoms with van der Waals surface area (Å²) in [7, 11) is 0. The van der Waals surface area contributed by atoms with Gasteiger partial charge in [0.1, 0.15) is 6.26 Å². The van der Waals surface area contributed by atoms with Gasteiger partial charge >= 0.3 is 6.03 Å². The van der Waals surface area contributed by atoms with E-state index in [0.29, 0.717) is 18.7 Å². The smallest absolute Gasteiger partial charge is 0.319 e. The molecule has 132 valence electrons. The molecule has 1 aliphatic heterocycles. The van der Waals surface area contributed by atoms with Gasteiger partial charge in [-0.1, -0.05) is 12.1 Å². The van der Waals surface area contributed by atoms with Crippen molar-refractivity contribution in [1.29, 1.82) is 0 Å². The van der Waals surface area contributed by atoms with Crippen molar-refractivity contribution in [2.45, 2.75) is 23.8 Å². The third kappa shape index (κ3) is 4.36. The van der Waals surface area contributed by atoms with Crippen molar-refractivity contribution in [1.82, 2.24) is 10.2 Å². The van der Waals surface area contributed by atoms with Gasteiger partial charge in [0.2, 0.25) is 0 Å². The molecule has 0 bridgehead atoms. The van der Waals surface area contributed by atoms with Crippen LogP contribution in [-0.2, 0) is 0 Å². The highest BCUT2D eigenvalue weighted by Crippen LogP contribution is 2.24. The lowest BCUT2D eigenvalue weighted by Gasteiger charge is -2.32. The van der Waals surface area contributed by atoms with Crippen LogP contribution in [-0.4, -0.2) is 42.2 Å². The lowest BCUT2D eigenvalue weighted by atomic mass is 10.0. The number of para-hydroxylation sites is 1. The molecule has 0 atom stereocenters. The van der Waals surface area contributed by atoms with Crippen LogP contribution in [0.1, 0.15) is 23.2 Å². The number of anilines is 1. The zero-order chi connectivity index (χ0) is 17.6. The number of nitrogens with one attached hydrogen (secondary N) is 2. The summed E-state index contributed by atoms with van der Waals surface area (Å²) in [6, 6.07) is 9.23. The molecular weight excluding hydrogens is 338 g/mol. The molecule has 2 N–H and O–H groups in total. The van der Waals surface area contributed by atoms with Crippen molar-refractivity contribution in [3.63, 3.8) is 0 Å². The largest absolute Gasteiger partial charge is 0.472 e. The highest BCUT2D eigenvalue weighted by molar-refractivity contribution is 7.98. The van der Waals surface area contributed by atoms with Crippen LogP contribution in [0.5, 0.6) is 0 Å². The monoisotopic (exact) mass is 359 g/mol. The molecule has 1 saturated heterocycles. The van der Waals surface area contributed by atoms with Crippen LogP contribution in [0.15, 0.2) is 52.2 Å². The minimum Gasteiger partial charge on any atom is -0.472 e. The molecule has 0 aliphatic carbocycles. The number of benzene rings is 1. The Morgan fingerprint density at radius 1 is 1.20 bits per heavy atom. The molecule has 0 radical (unpaired) electrons. The number of urea groups is 1. The standard InChI is InChI=1S/C18H21N3O3S/c1-25-16-5-3-2-4-15(16)20-18(23)19-14-6-9-21(10-7-14)17(22)13-8-11-24-12-13/h2-5,8,11-12,14H,6-7,9-10H2,1H3,(H2,19,20,23). The van der Waals surface area contributed by atoms with Gasteiger partial charge in [-0.05, 0) is 37.3 Å². The molecule has 7 heteroatoms. The summed E-state index contributed by atoms with van der Waals surface area (Å²) < 4.78 is 4.96. The predicted octanol–water partition coefficient (Wildman–Crippen LogP) is 3.43. The van der Waals surface area contributed by atoms with Gasteiger partial charge in [0.15, 0.2) is 0 Å².